The molecule has 0 aromatic heterocycles. The molecule has 0 heterocycles. The van der Waals surface area contributed by atoms with Gasteiger partial charge < -0.3 is 0 Å². The minimum Gasteiger partial charge on any atom is -0.250 e. The van der Waals surface area contributed by atoms with Crippen LogP contribution in [0.2, 0.25) is 0 Å². The van der Waals surface area contributed by atoms with Crippen molar-refractivity contribution < 1.29 is 4.21 Å². The molecule has 0 aliphatic rings. The van der Waals surface area contributed by atoms with E-state index in [2.05, 4.69) is 6.92 Å². The Morgan fingerprint density at radius 1 is 1.29 bits per heavy atom. The average molecular weight is 208 g/mol. The molecule has 14 heavy (non-hydrogen) atoms. The van der Waals surface area contributed by atoms with Crippen LogP contribution >= 0.6 is 0 Å². The SMILES string of the molecule is CCCC/C=C/[S@](=O)c1ccccc1. The predicted octanol–water partition coefficient (Wildman–Crippen LogP) is 3.50. The van der Waals surface area contributed by atoms with Gasteiger partial charge in [0.05, 0.1) is 10.8 Å². The van der Waals surface area contributed by atoms with Gasteiger partial charge in [-0.3, -0.25) is 0 Å². The Morgan fingerprint density at radius 3 is 2.64 bits per heavy atom. The average Bonchev–Trinajstić information content (AvgIpc) is 2.25. The van der Waals surface area contributed by atoms with E-state index in [1.54, 1.807) is 5.41 Å². The molecule has 1 nitrogen and oxygen atoms in total. The minimum absolute atomic E-state index is 0.875. The van der Waals surface area contributed by atoms with Crippen LogP contribution in [0.1, 0.15) is 26.2 Å². The summed E-state index contributed by atoms with van der Waals surface area (Å²) in [6.45, 7) is 2.15. The van der Waals surface area contributed by atoms with Crippen LogP contribution in [0.4, 0.5) is 0 Å². The molecule has 0 N–H and O–H groups in total. The van der Waals surface area contributed by atoms with Crippen LogP contribution in [0.3, 0.4) is 0 Å². The molecular weight excluding hydrogens is 192 g/mol. The van der Waals surface area contributed by atoms with Crippen molar-refractivity contribution in [1.29, 1.82) is 0 Å². The molecule has 0 radical (unpaired) electrons. The van der Waals surface area contributed by atoms with Gasteiger partial charge in [-0.25, -0.2) is 4.21 Å². The Balaban J connectivity index is 2.47. The molecule has 0 fully saturated rings. The highest BCUT2D eigenvalue weighted by molar-refractivity contribution is 7.88. The third-order valence-corrected chi connectivity index (χ3v) is 3.10. The van der Waals surface area contributed by atoms with Gasteiger partial charge in [-0.05, 0) is 18.6 Å². The Hall–Kier alpha value is -0.890. The van der Waals surface area contributed by atoms with E-state index in [4.69, 9.17) is 0 Å². The lowest BCUT2D eigenvalue weighted by atomic mass is 10.2. The first kappa shape index (κ1) is 11.2. The molecule has 0 bridgehead atoms. The fraction of sp³-hybridized carbons (Fsp3) is 0.333. The highest BCUT2D eigenvalue weighted by Gasteiger charge is 1.95. The molecule has 76 valence electrons. The first-order valence-corrected chi connectivity index (χ1v) is 6.18. The molecule has 0 aliphatic heterocycles. The van der Waals surface area contributed by atoms with Gasteiger partial charge in [0, 0.05) is 10.3 Å². The lowest BCUT2D eigenvalue weighted by Crippen LogP contribution is -1.84. The van der Waals surface area contributed by atoms with Crippen LogP contribution in [0.25, 0.3) is 0 Å². The Morgan fingerprint density at radius 2 is 2.00 bits per heavy atom. The van der Waals surface area contributed by atoms with Crippen molar-refractivity contribution in [3.63, 3.8) is 0 Å². The summed E-state index contributed by atoms with van der Waals surface area (Å²) in [6.07, 6.45) is 5.38. The van der Waals surface area contributed by atoms with Gasteiger partial charge in [0.2, 0.25) is 0 Å². The quantitative estimate of drug-likeness (QED) is 0.677. The molecule has 2 heteroatoms. The van der Waals surface area contributed by atoms with Crippen LogP contribution < -0.4 is 0 Å². The maximum absolute atomic E-state index is 11.6. The number of unbranched alkanes of at least 4 members (excludes halogenated alkanes) is 2. The van der Waals surface area contributed by atoms with E-state index in [9.17, 15) is 4.21 Å². The first-order valence-electron chi connectivity index (χ1n) is 4.97. The molecular formula is C12H16OS. The number of benzene rings is 1. The number of allylic oxidation sites excluding steroid dienone is 1. The molecule has 0 saturated heterocycles. The summed E-state index contributed by atoms with van der Waals surface area (Å²) in [5, 5.41) is 1.78. The molecule has 0 aliphatic carbocycles. The van der Waals surface area contributed by atoms with Crippen LogP contribution in [0.5, 0.6) is 0 Å². The minimum atomic E-state index is -0.967. The smallest absolute Gasteiger partial charge is 0.0772 e. The van der Waals surface area contributed by atoms with Gasteiger partial charge in [-0.1, -0.05) is 44.0 Å². The van der Waals surface area contributed by atoms with E-state index in [0.717, 1.165) is 11.3 Å². The third-order valence-electron chi connectivity index (χ3n) is 1.92. The van der Waals surface area contributed by atoms with E-state index in [-0.39, 0.29) is 0 Å². The summed E-state index contributed by atoms with van der Waals surface area (Å²) in [4.78, 5) is 0.875. The normalized spacial score (nSPS) is 13.2. The van der Waals surface area contributed by atoms with Gasteiger partial charge in [0.15, 0.2) is 0 Å². The number of rotatable bonds is 5. The van der Waals surface area contributed by atoms with Crippen LogP contribution in [-0.4, -0.2) is 4.21 Å². The summed E-state index contributed by atoms with van der Waals surface area (Å²) in [7, 11) is -0.967. The first-order chi connectivity index (χ1) is 6.84. The van der Waals surface area contributed by atoms with Crippen LogP contribution in [0, 0.1) is 0 Å². The number of hydrogen-bond acceptors (Lipinski definition) is 1. The van der Waals surface area contributed by atoms with Crippen molar-refractivity contribution >= 4 is 10.8 Å². The Bertz CT molecular complexity index is 303. The summed E-state index contributed by atoms with van der Waals surface area (Å²) in [5.74, 6) is 0. The van der Waals surface area contributed by atoms with Gasteiger partial charge in [-0.2, -0.15) is 0 Å². The van der Waals surface area contributed by atoms with Gasteiger partial charge in [0.25, 0.3) is 0 Å². The second-order valence-corrected chi connectivity index (χ2v) is 4.46. The number of hydrogen-bond donors (Lipinski definition) is 0. The maximum atomic E-state index is 11.6. The second kappa shape index (κ2) is 6.55. The standard InChI is InChI=1S/C12H16OS/c1-2-3-4-8-11-14(13)12-9-6-5-7-10-12/h5-11H,2-4H2,1H3/b11-8+/t14-/m0/s1. The molecule has 0 unspecified atom stereocenters. The van der Waals surface area contributed by atoms with Crippen molar-refractivity contribution in [3.05, 3.63) is 41.8 Å². The van der Waals surface area contributed by atoms with E-state index in [1.165, 1.54) is 12.8 Å². The second-order valence-electron chi connectivity index (χ2n) is 3.12. The van der Waals surface area contributed by atoms with Crippen molar-refractivity contribution in [1.82, 2.24) is 0 Å². The zero-order chi connectivity index (χ0) is 10.2. The van der Waals surface area contributed by atoms with E-state index in [1.807, 2.05) is 36.4 Å². The monoisotopic (exact) mass is 208 g/mol. The van der Waals surface area contributed by atoms with Gasteiger partial charge in [-0.15, -0.1) is 0 Å². The molecule has 1 aromatic carbocycles. The van der Waals surface area contributed by atoms with Crippen LogP contribution in [0.15, 0.2) is 46.7 Å². The van der Waals surface area contributed by atoms with E-state index >= 15 is 0 Å². The molecule has 1 atom stereocenters. The molecule has 0 amide bonds. The van der Waals surface area contributed by atoms with Crippen LogP contribution in [-0.2, 0) is 10.8 Å². The third kappa shape index (κ3) is 3.88. The topological polar surface area (TPSA) is 17.1 Å². The van der Waals surface area contributed by atoms with Crippen molar-refractivity contribution in [2.24, 2.45) is 0 Å². The Kier molecular flexibility index (Phi) is 5.23. The fourth-order valence-electron chi connectivity index (χ4n) is 1.11. The highest BCUT2D eigenvalue weighted by Crippen LogP contribution is 2.07. The van der Waals surface area contributed by atoms with Crippen molar-refractivity contribution in [3.8, 4) is 0 Å². The van der Waals surface area contributed by atoms with Crippen molar-refractivity contribution in [2.75, 3.05) is 0 Å². The predicted molar refractivity (Wildman–Crippen MR) is 61.5 cm³/mol. The highest BCUT2D eigenvalue weighted by atomic mass is 32.2. The van der Waals surface area contributed by atoms with E-state index in [0.29, 0.717) is 0 Å². The molecule has 1 rings (SSSR count). The summed E-state index contributed by atoms with van der Waals surface area (Å²) in [5.41, 5.74) is 0. The molecule has 0 saturated carbocycles. The van der Waals surface area contributed by atoms with E-state index < -0.39 is 10.8 Å². The fourth-order valence-corrected chi connectivity index (χ4v) is 2.00. The zero-order valence-corrected chi connectivity index (χ0v) is 9.30. The van der Waals surface area contributed by atoms with Gasteiger partial charge >= 0.3 is 0 Å². The summed E-state index contributed by atoms with van der Waals surface area (Å²) in [6, 6.07) is 9.53. The Labute approximate surface area is 88.3 Å². The molecule has 1 aromatic rings. The van der Waals surface area contributed by atoms with Gasteiger partial charge in [0.1, 0.15) is 0 Å². The largest absolute Gasteiger partial charge is 0.250 e. The summed E-state index contributed by atoms with van der Waals surface area (Å²) >= 11 is 0. The lowest BCUT2D eigenvalue weighted by molar-refractivity contribution is 0.688. The zero-order valence-electron chi connectivity index (χ0n) is 8.48. The lowest BCUT2D eigenvalue weighted by Gasteiger charge is -1.94. The maximum Gasteiger partial charge on any atom is 0.0772 e. The van der Waals surface area contributed by atoms with Crippen molar-refractivity contribution in [2.45, 2.75) is 31.1 Å². The summed E-state index contributed by atoms with van der Waals surface area (Å²) < 4.78 is 11.6. The molecule has 0 spiro atoms.